The molecule has 20 heteroatoms. The van der Waals surface area contributed by atoms with E-state index < -0.39 is 84.2 Å². The number of carbonyl (C=O) groups excluding carboxylic acids is 6. The molecule has 318 valence electrons. The maximum absolute atomic E-state index is 14.2. The Balaban J connectivity index is 2.45. The van der Waals surface area contributed by atoms with Gasteiger partial charge in [-0.1, -0.05) is 56.3 Å². The van der Waals surface area contributed by atoms with Crippen LogP contribution in [0.5, 0.6) is 5.75 Å². The van der Waals surface area contributed by atoms with Gasteiger partial charge >= 0.3 is 5.97 Å². The molecule has 58 heavy (non-hydrogen) atoms. The van der Waals surface area contributed by atoms with E-state index in [9.17, 15) is 38.7 Å². The van der Waals surface area contributed by atoms with Crippen molar-refractivity contribution in [3.05, 3.63) is 65.7 Å². The lowest BCUT2D eigenvalue weighted by Crippen LogP contribution is -2.60. The molecule has 0 aliphatic heterocycles. The quantitative estimate of drug-likeness (QED) is 0.0241. The molecule has 0 bridgehead atoms. The van der Waals surface area contributed by atoms with Gasteiger partial charge in [-0.2, -0.15) is 12.6 Å². The average Bonchev–Trinajstić information content (AvgIpc) is 3.17. The van der Waals surface area contributed by atoms with Gasteiger partial charge in [0.25, 0.3) is 0 Å². The number of phenolic OH excluding ortho intramolecular Hbond substituents is 1. The van der Waals surface area contributed by atoms with Crippen molar-refractivity contribution in [2.75, 3.05) is 18.8 Å². The van der Waals surface area contributed by atoms with Crippen LogP contribution in [0, 0.1) is 5.92 Å². The van der Waals surface area contributed by atoms with Gasteiger partial charge in [0.2, 0.25) is 35.4 Å². The number of aliphatic carboxylic acids is 1. The molecule has 0 saturated carbocycles. The number of carboxylic acids is 1. The van der Waals surface area contributed by atoms with Crippen molar-refractivity contribution in [3.63, 3.8) is 0 Å². The Bertz CT molecular complexity index is 1730. The maximum Gasteiger partial charge on any atom is 0.322 e. The number of nitrogens with two attached hydrogens (primary N) is 3. The molecule has 2 aromatic rings. The van der Waals surface area contributed by atoms with Crippen LogP contribution in [0.1, 0.15) is 51.2 Å². The summed E-state index contributed by atoms with van der Waals surface area (Å²) in [6.45, 7) is 4.48. The number of hydrogen-bond acceptors (Lipinski definition) is 11. The Kier molecular flexibility index (Phi) is 20.5. The molecule has 14 N–H and O–H groups in total. The fraction of sp³-hybridized carbons (Fsp3) is 0.474. The molecule has 19 nitrogen and oxygen atoms in total. The standard InChI is InChI=1S/C38H56N10O9S/c1-21(2)16-28(35(55)44-22(3)32(52)43-19-31(50)51)46-36(56)29(17-23-8-5-4-6-9-23)48-37(57)30(18-24-11-13-25(49)14-12-24)47-34(54)27(10-7-15-42-38(40)41)45-33(53)26(39)20-58/h4-6,8-9,11-14,21-22,26-30,49,58H,7,10,15-20,39H2,1-3H3,(H,43,52)(H,44,55)(H,45,53)(H,46,56)(H,47,54)(H,48,57)(H,50,51)(H4,40,41,42)/t22-,26-,27-,28-,29-,30-/m0/s1. The van der Waals surface area contributed by atoms with E-state index in [2.05, 4.69) is 49.5 Å². The van der Waals surface area contributed by atoms with Gasteiger partial charge in [-0.3, -0.25) is 38.6 Å². The number of aromatic hydroxyl groups is 1. The van der Waals surface area contributed by atoms with E-state index in [4.69, 9.17) is 22.3 Å². The predicted molar refractivity (Wildman–Crippen MR) is 219 cm³/mol. The minimum absolute atomic E-state index is 0.00818. The third kappa shape index (κ3) is 17.9. The fourth-order valence-electron chi connectivity index (χ4n) is 5.49. The van der Waals surface area contributed by atoms with E-state index in [1.807, 2.05) is 13.8 Å². The Morgan fingerprint density at radius 3 is 1.71 bits per heavy atom. The predicted octanol–water partition coefficient (Wildman–Crippen LogP) is -1.82. The lowest BCUT2D eigenvalue weighted by molar-refractivity contribution is -0.138. The summed E-state index contributed by atoms with van der Waals surface area (Å²) in [5, 5.41) is 34.1. The monoisotopic (exact) mass is 828 g/mol. The number of thiol groups is 1. The van der Waals surface area contributed by atoms with E-state index in [1.54, 1.807) is 42.5 Å². The number of nitrogens with one attached hydrogen (secondary N) is 6. The van der Waals surface area contributed by atoms with Crippen molar-refractivity contribution in [1.82, 2.24) is 31.9 Å². The van der Waals surface area contributed by atoms with Gasteiger partial charge in [0.15, 0.2) is 5.96 Å². The van der Waals surface area contributed by atoms with Crippen LogP contribution in [0.15, 0.2) is 59.6 Å². The number of carboxylic acid groups (broad SMARTS) is 1. The number of benzene rings is 2. The summed E-state index contributed by atoms with van der Waals surface area (Å²) in [4.78, 5) is 95.5. The zero-order chi connectivity index (χ0) is 43.4. The summed E-state index contributed by atoms with van der Waals surface area (Å²) in [6, 6.07) is 7.47. The topological polar surface area (TPSA) is 323 Å². The SMILES string of the molecule is CC(C)C[C@H](NC(=O)[C@H](Cc1ccccc1)NC(=O)[C@H](Cc1ccc(O)cc1)NC(=O)[C@H](CCCN=C(N)N)NC(=O)[C@@H](N)CS)C(=O)N[C@@H](C)C(=O)NCC(=O)O. The molecule has 0 spiro atoms. The second kappa shape index (κ2) is 24.7. The second-order valence-corrected chi connectivity index (χ2v) is 14.4. The maximum atomic E-state index is 14.2. The minimum atomic E-state index is -1.33. The molecule has 6 amide bonds. The first-order valence-electron chi connectivity index (χ1n) is 18.6. The van der Waals surface area contributed by atoms with Gasteiger partial charge < -0.3 is 59.3 Å². The summed E-state index contributed by atoms with van der Waals surface area (Å²) in [5.74, 6) is -6.00. The zero-order valence-electron chi connectivity index (χ0n) is 32.8. The van der Waals surface area contributed by atoms with Crippen LogP contribution in [0.3, 0.4) is 0 Å². The summed E-state index contributed by atoms with van der Waals surface area (Å²) in [6.07, 6.45) is 0.312. The van der Waals surface area contributed by atoms with Crippen molar-refractivity contribution in [2.24, 2.45) is 28.1 Å². The Hall–Kier alpha value is -5.89. The highest BCUT2D eigenvalue weighted by atomic mass is 32.1. The number of guanidine groups is 1. The van der Waals surface area contributed by atoms with Gasteiger partial charge in [0.05, 0.1) is 6.04 Å². The first-order chi connectivity index (χ1) is 27.4. The van der Waals surface area contributed by atoms with Crippen molar-refractivity contribution < 1.29 is 43.8 Å². The molecule has 0 radical (unpaired) electrons. The molecule has 0 heterocycles. The lowest BCUT2D eigenvalue weighted by atomic mass is 9.99. The van der Waals surface area contributed by atoms with E-state index >= 15 is 0 Å². The van der Waals surface area contributed by atoms with Gasteiger partial charge in [0.1, 0.15) is 42.5 Å². The average molecular weight is 829 g/mol. The van der Waals surface area contributed by atoms with Gasteiger partial charge in [-0.25, -0.2) is 0 Å². The number of phenols is 1. The first-order valence-corrected chi connectivity index (χ1v) is 19.3. The lowest BCUT2D eigenvalue weighted by Gasteiger charge is -2.28. The van der Waals surface area contributed by atoms with Gasteiger partial charge in [-0.05, 0) is 55.4 Å². The minimum Gasteiger partial charge on any atom is -0.508 e. The number of aliphatic imine (C=N–C) groups is 1. The van der Waals surface area contributed by atoms with E-state index in [-0.39, 0.29) is 62.0 Å². The summed E-state index contributed by atoms with van der Waals surface area (Å²) in [5.41, 5.74) is 17.9. The van der Waals surface area contributed by atoms with Crippen molar-refractivity contribution in [3.8, 4) is 5.75 Å². The molecular weight excluding hydrogens is 773 g/mol. The highest BCUT2D eigenvalue weighted by Crippen LogP contribution is 2.14. The van der Waals surface area contributed by atoms with Crippen molar-refractivity contribution in [2.45, 2.75) is 89.1 Å². The number of carbonyl (C=O) groups is 7. The largest absolute Gasteiger partial charge is 0.508 e. The summed E-state index contributed by atoms with van der Waals surface area (Å²) >= 11 is 4.06. The van der Waals surface area contributed by atoms with E-state index in [0.29, 0.717) is 11.1 Å². The summed E-state index contributed by atoms with van der Waals surface area (Å²) < 4.78 is 0. The van der Waals surface area contributed by atoms with Crippen LogP contribution in [0.25, 0.3) is 0 Å². The molecule has 0 unspecified atom stereocenters. The number of nitrogens with zero attached hydrogens (tertiary/aromatic N) is 1. The third-order valence-electron chi connectivity index (χ3n) is 8.54. The molecule has 2 rings (SSSR count). The van der Waals surface area contributed by atoms with Crippen LogP contribution in [-0.4, -0.2) is 113 Å². The summed E-state index contributed by atoms with van der Waals surface area (Å²) in [7, 11) is 0. The van der Waals surface area contributed by atoms with Crippen LogP contribution in [-0.2, 0) is 46.4 Å². The third-order valence-corrected chi connectivity index (χ3v) is 8.94. The van der Waals surface area contributed by atoms with Crippen LogP contribution in [0.4, 0.5) is 0 Å². The van der Waals surface area contributed by atoms with Crippen LogP contribution < -0.4 is 49.1 Å². The highest BCUT2D eigenvalue weighted by molar-refractivity contribution is 7.80. The van der Waals surface area contributed by atoms with Crippen LogP contribution in [0.2, 0.25) is 0 Å². The number of amides is 6. The van der Waals surface area contributed by atoms with Gasteiger partial charge in [-0.15, -0.1) is 0 Å². The van der Waals surface area contributed by atoms with Gasteiger partial charge in [0, 0.05) is 25.1 Å². The Morgan fingerprint density at radius 1 is 0.690 bits per heavy atom. The number of hydrogen-bond donors (Lipinski definition) is 12. The first kappa shape index (κ1) is 48.3. The molecular formula is C38H56N10O9S. The second-order valence-electron chi connectivity index (χ2n) is 14.0. The number of rotatable bonds is 24. The highest BCUT2D eigenvalue weighted by Gasteiger charge is 2.33. The molecule has 0 aromatic heterocycles. The Morgan fingerprint density at radius 2 is 1.19 bits per heavy atom. The van der Waals surface area contributed by atoms with Crippen molar-refractivity contribution >= 4 is 60.0 Å². The van der Waals surface area contributed by atoms with E-state index in [1.165, 1.54) is 19.1 Å². The molecule has 2 aromatic carbocycles. The zero-order valence-corrected chi connectivity index (χ0v) is 33.7. The fourth-order valence-corrected chi connectivity index (χ4v) is 5.65. The Labute approximate surface area is 342 Å². The van der Waals surface area contributed by atoms with E-state index in [0.717, 1.165) is 0 Å². The molecule has 0 aliphatic carbocycles. The normalized spacial score (nSPS) is 14.0. The molecule has 0 saturated heterocycles. The van der Waals surface area contributed by atoms with Crippen molar-refractivity contribution in [1.29, 1.82) is 0 Å². The smallest absolute Gasteiger partial charge is 0.322 e. The van der Waals surface area contributed by atoms with Crippen LogP contribution >= 0.6 is 12.6 Å². The molecule has 6 atom stereocenters. The molecule has 0 fully saturated rings. The molecule has 0 aliphatic rings.